The van der Waals surface area contributed by atoms with E-state index in [9.17, 15) is 14.4 Å². The number of carbonyl (C=O) groups excluding carboxylic acids is 2. The fourth-order valence-corrected chi connectivity index (χ4v) is 2.70. The second-order valence-electron chi connectivity index (χ2n) is 5.45. The molecule has 2 amide bonds. The fourth-order valence-electron chi connectivity index (χ4n) is 2.70. The first-order valence-corrected chi connectivity index (χ1v) is 7.36. The topological polar surface area (TPSA) is 86.7 Å². The highest BCUT2D eigenvalue weighted by atomic mass is 16.4. The molecule has 0 radical (unpaired) electrons. The van der Waals surface area contributed by atoms with Crippen LogP contribution in [0, 0.1) is 0 Å². The number of hydrogen-bond acceptors (Lipinski definition) is 3. The molecule has 0 aliphatic carbocycles. The molecule has 1 heterocycles. The molecule has 0 bridgehead atoms. The Balaban J connectivity index is 2.00. The van der Waals surface area contributed by atoms with E-state index in [-0.39, 0.29) is 18.2 Å². The number of hydrogen-bond donors (Lipinski definition) is 2. The highest BCUT2D eigenvalue weighted by molar-refractivity contribution is 5.97. The van der Waals surface area contributed by atoms with Crippen LogP contribution in [0.4, 0.5) is 5.69 Å². The van der Waals surface area contributed by atoms with Crippen LogP contribution in [0.15, 0.2) is 24.3 Å². The maximum atomic E-state index is 12.3. The minimum absolute atomic E-state index is 0.0537. The predicted molar refractivity (Wildman–Crippen MR) is 81.4 cm³/mol. The largest absolute Gasteiger partial charge is 0.481 e. The van der Waals surface area contributed by atoms with Crippen LogP contribution in [0.3, 0.4) is 0 Å². The number of aliphatic carboxylic acids is 1. The molecule has 6 heteroatoms. The van der Waals surface area contributed by atoms with Crippen molar-refractivity contribution in [2.24, 2.45) is 0 Å². The summed E-state index contributed by atoms with van der Waals surface area (Å²) in [6, 6.07) is 6.73. The SMILES string of the molecule is CC(=O)N1CCCC1C(=O)Nc1cccc(CCC(=O)O)c1. The van der Waals surface area contributed by atoms with Crippen LogP contribution in [-0.2, 0) is 20.8 Å². The standard InChI is InChI=1S/C16H20N2O4/c1-11(19)18-9-3-6-14(18)16(22)17-13-5-2-4-12(10-13)7-8-15(20)21/h2,4-5,10,14H,3,6-9H2,1H3,(H,17,22)(H,20,21). The Morgan fingerprint density at radius 3 is 2.82 bits per heavy atom. The third-order valence-corrected chi connectivity index (χ3v) is 3.78. The van der Waals surface area contributed by atoms with Crippen LogP contribution in [-0.4, -0.2) is 40.4 Å². The summed E-state index contributed by atoms with van der Waals surface area (Å²) in [7, 11) is 0. The molecule has 1 aromatic carbocycles. The van der Waals surface area contributed by atoms with Crippen molar-refractivity contribution in [3.05, 3.63) is 29.8 Å². The van der Waals surface area contributed by atoms with Crippen molar-refractivity contribution in [1.82, 2.24) is 4.90 Å². The van der Waals surface area contributed by atoms with Gasteiger partial charge in [-0.25, -0.2) is 0 Å². The molecule has 1 unspecified atom stereocenters. The third-order valence-electron chi connectivity index (χ3n) is 3.78. The summed E-state index contributed by atoms with van der Waals surface area (Å²) in [4.78, 5) is 36.0. The van der Waals surface area contributed by atoms with Gasteiger partial charge in [-0.1, -0.05) is 12.1 Å². The van der Waals surface area contributed by atoms with E-state index in [4.69, 9.17) is 5.11 Å². The van der Waals surface area contributed by atoms with E-state index < -0.39 is 12.0 Å². The summed E-state index contributed by atoms with van der Waals surface area (Å²) in [6.45, 7) is 2.09. The van der Waals surface area contributed by atoms with Crippen LogP contribution >= 0.6 is 0 Å². The van der Waals surface area contributed by atoms with Gasteiger partial charge in [-0.2, -0.15) is 0 Å². The lowest BCUT2D eigenvalue weighted by Crippen LogP contribution is -2.42. The molecule has 1 fully saturated rings. The molecule has 1 atom stereocenters. The number of amides is 2. The van der Waals surface area contributed by atoms with Crippen molar-refractivity contribution in [3.63, 3.8) is 0 Å². The summed E-state index contributed by atoms with van der Waals surface area (Å²) >= 11 is 0. The van der Waals surface area contributed by atoms with E-state index in [1.165, 1.54) is 6.92 Å². The van der Waals surface area contributed by atoms with Crippen molar-refractivity contribution in [1.29, 1.82) is 0 Å². The van der Waals surface area contributed by atoms with Crippen LogP contribution < -0.4 is 5.32 Å². The molecule has 1 saturated heterocycles. The minimum atomic E-state index is -0.850. The lowest BCUT2D eigenvalue weighted by atomic mass is 10.1. The van der Waals surface area contributed by atoms with E-state index in [2.05, 4.69) is 5.32 Å². The molecule has 22 heavy (non-hydrogen) atoms. The van der Waals surface area contributed by atoms with E-state index in [0.717, 1.165) is 12.0 Å². The normalized spacial score (nSPS) is 17.3. The molecular formula is C16H20N2O4. The van der Waals surface area contributed by atoms with Gasteiger partial charge in [0, 0.05) is 25.6 Å². The Morgan fingerprint density at radius 2 is 2.14 bits per heavy atom. The van der Waals surface area contributed by atoms with Gasteiger partial charge in [0.05, 0.1) is 0 Å². The van der Waals surface area contributed by atoms with E-state index in [1.807, 2.05) is 6.07 Å². The Bertz CT molecular complexity index is 585. The molecule has 2 rings (SSSR count). The lowest BCUT2D eigenvalue weighted by molar-refractivity contribution is -0.137. The number of benzene rings is 1. The zero-order valence-electron chi connectivity index (χ0n) is 12.5. The number of carbonyl (C=O) groups is 3. The molecule has 0 saturated carbocycles. The molecule has 0 aromatic heterocycles. The summed E-state index contributed by atoms with van der Waals surface area (Å²) in [5, 5.41) is 11.5. The van der Waals surface area contributed by atoms with Gasteiger partial charge in [0.1, 0.15) is 6.04 Å². The van der Waals surface area contributed by atoms with Crippen molar-refractivity contribution in [2.45, 2.75) is 38.6 Å². The highest BCUT2D eigenvalue weighted by Crippen LogP contribution is 2.20. The van der Waals surface area contributed by atoms with Crippen LogP contribution in [0.1, 0.15) is 31.7 Å². The summed E-state index contributed by atoms with van der Waals surface area (Å²) in [5.41, 5.74) is 1.48. The molecule has 1 aliphatic heterocycles. The average Bonchev–Trinajstić information content (AvgIpc) is 2.95. The second kappa shape index (κ2) is 7.06. The molecule has 118 valence electrons. The fraction of sp³-hybridized carbons (Fsp3) is 0.438. The summed E-state index contributed by atoms with van der Waals surface area (Å²) < 4.78 is 0. The highest BCUT2D eigenvalue weighted by Gasteiger charge is 2.32. The quantitative estimate of drug-likeness (QED) is 0.866. The molecule has 1 aromatic rings. The maximum absolute atomic E-state index is 12.3. The Labute approximate surface area is 129 Å². The number of carboxylic acid groups (broad SMARTS) is 1. The zero-order chi connectivity index (χ0) is 16.1. The molecule has 2 N–H and O–H groups in total. The summed E-state index contributed by atoms with van der Waals surface area (Å²) in [6.07, 6.45) is 1.97. The molecular weight excluding hydrogens is 284 g/mol. The van der Waals surface area contributed by atoms with E-state index in [0.29, 0.717) is 25.1 Å². The Hall–Kier alpha value is -2.37. The minimum Gasteiger partial charge on any atom is -0.481 e. The van der Waals surface area contributed by atoms with Gasteiger partial charge < -0.3 is 15.3 Å². The van der Waals surface area contributed by atoms with Gasteiger partial charge in [-0.15, -0.1) is 0 Å². The molecule has 1 aliphatic rings. The summed E-state index contributed by atoms with van der Waals surface area (Å²) in [5.74, 6) is -1.13. The van der Waals surface area contributed by atoms with Crippen molar-refractivity contribution in [3.8, 4) is 0 Å². The van der Waals surface area contributed by atoms with Crippen LogP contribution in [0.2, 0.25) is 0 Å². The van der Waals surface area contributed by atoms with Gasteiger partial charge in [0.25, 0.3) is 0 Å². The Kier molecular flexibility index (Phi) is 5.14. The maximum Gasteiger partial charge on any atom is 0.303 e. The van der Waals surface area contributed by atoms with Crippen LogP contribution in [0.25, 0.3) is 0 Å². The zero-order valence-corrected chi connectivity index (χ0v) is 12.5. The van der Waals surface area contributed by atoms with Crippen molar-refractivity contribution in [2.75, 3.05) is 11.9 Å². The van der Waals surface area contributed by atoms with Crippen molar-refractivity contribution < 1.29 is 19.5 Å². The van der Waals surface area contributed by atoms with Gasteiger partial charge in [0.15, 0.2) is 0 Å². The van der Waals surface area contributed by atoms with Gasteiger partial charge in [0.2, 0.25) is 11.8 Å². The van der Waals surface area contributed by atoms with Gasteiger partial charge in [-0.3, -0.25) is 14.4 Å². The van der Waals surface area contributed by atoms with E-state index in [1.54, 1.807) is 23.1 Å². The van der Waals surface area contributed by atoms with Gasteiger partial charge in [-0.05, 0) is 37.0 Å². The number of aryl methyl sites for hydroxylation is 1. The van der Waals surface area contributed by atoms with Crippen molar-refractivity contribution >= 4 is 23.5 Å². The lowest BCUT2D eigenvalue weighted by Gasteiger charge is -2.22. The molecule has 6 nitrogen and oxygen atoms in total. The number of nitrogens with zero attached hydrogens (tertiary/aromatic N) is 1. The smallest absolute Gasteiger partial charge is 0.303 e. The monoisotopic (exact) mass is 304 g/mol. The first kappa shape index (κ1) is 16.0. The van der Waals surface area contributed by atoms with Crippen LogP contribution in [0.5, 0.6) is 0 Å². The Morgan fingerprint density at radius 1 is 1.36 bits per heavy atom. The van der Waals surface area contributed by atoms with Gasteiger partial charge >= 0.3 is 5.97 Å². The first-order chi connectivity index (χ1) is 10.5. The number of anilines is 1. The second-order valence-corrected chi connectivity index (χ2v) is 5.45. The van der Waals surface area contributed by atoms with E-state index >= 15 is 0 Å². The number of nitrogens with one attached hydrogen (secondary N) is 1. The first-order valence-electron chi connectivity index (χ1n) is 7.36. The molecule has 0 spiro atoms. The number of rotatable bonds is 5. The predicted octanol–water partition coefficient (Wildman–Crippen LogP) is 1.65. The average molecular weight is 304 g/mol. The number of carboxylic acids is 1. The number of likely N-dealkylation sites (tertiary alicyclic amines) is 1. The third kappa shape index (κ3) is 4.07.